The Balaban J connectivity index is 2.21. The van der Waals surface area contributed by atoms with Crippen molar-refractivity contribution in [1.29, 1.82) is 0 Å². The predicted octanol–water partition coefficient (Wildman–Crippen LogP) is 2.77. The van der Waals surface area contributed by atoms with Crippen molar-refractivity contribution in [2.75, 3.05) is 0 Å². The van der Waals surface area contributed by atoms with Gasteiger partial charge in [0, 0.05) is 18.3 Å². The summed E-state index contributed by atoms with van der Waals surface area (Å²) >= 11 is 0. The molecule has 3 nitrogen and oxygen atoms in total. The van der Waals surface area contributed by atoms with E-state index in [9.17, 15) is 0 Å². The van der Waals surface area contributed by atoms with Gasteiger partial charge in [-0.15, -0.1) is 0 Å². The molecular formula is C15H15N3. The lowest BCUT2D eigenvalue weighted by Crippen LogP contribution is -1.99. The summed E-state index contributed by atoms with van der Waals surface area (Å²) in [5.41, 5.74) is 10.3. The number of aromatic nitrogens is 2. The fraction of sp³-hybridized carbons (Fsp3) is 0.133. The second kappa shape index (κ2) is 4.27. The number of nitrogens with zero attached hydrogens (tertiary/aromatic N) is 2. The highest BCUT2D eigenvalue weighted by molar-refractivity contribution is 5.65. The Kier molecular flexibility index (Phi) is 2.61. The first-order valence-corrected chi connectivity index (χ1v) is 6.01. The van der Waals surface area contributed by atoms with Crippen LogP contribution in [0.5, 0.6) is 0 Å². The monoisotopic (exact) mass is 237 g/mol. The summed E-state index contributed by atoms with van der Waals surface area (Å²) in [6, 6.07) is 12.4. The molecule has 3 heteroatoms. The second-order valence-corrected chi connectivity index (χ2v) is 4.44. The van der Waals surface area contributed by atoms with Gasteiger partial charge in [0.2, 0.25) is 0 Å². The molecule has 0 unspecified atom stereocenters. The number of benzene rings is 1. The highest BCUT2D eigenvalue weighted by Crippen LogP contribution is 2.21. The molecule has 2 heterocycles. The molecule has 0 aliphatic rings. The van der Waals surface area contributed by atoms with Crippen molar-refractivity contribution >= 4 is 5.52 Å². The lowest BCUT2D eigenvalue weighted by molar-refractivity contribution is 1.05. The zero-order chi connectivity index (χ0) is 12.5. The van der Waals surface area contributed by atoms with Crippen LogP contribution in [0.4, 0.5) is 0 Å². The van der Waals surface area contributed by atoms with Gasteiger partial charge in [0.05, 0.1) is 11.7 Å². The molecule has 3 rings (SSSR count). The fourth-order valence-corrected chi connectivity index (χ4v) is 2.17. The summed E-state index contributed by atoms with van der Waals surface area (Å²) in [5, 5.41) is 0. The molecule has 0 saturated carbocycles. The van der Waals surface area contributed by atoms with E-state index in [-0.39, 0.29) is 0 Å². The van der Waals surface area contributed by atoms with Crippen molar-refractivity contribution in [2.45, 2.75) is 13.5 Å². The molecule has 0 atom stereocenters. The van der Waals surface area contributed by atoms with E-state index in [2.05, 4.69) is 40.6 Å². The van der Waals surface area contributed by atoms with E-state index in [0.29, 0.717) is 6.54 Å². The van der Waals surface area contributed by atoms with Gasteiger partial charge in [-0.3, -0.25) is 4.40 Å². The number of imidazole rings is 1. The van der Waals surface area contributed by atoms with Gasteiger partial charge in [0.1, 0.15) is 5.82 Å². The minimum Gasteiger partial charge on any atom is -0.326 e. The van der Waals surface area contributed by atoms with E-state index in [1.54, 1.807) is 0 Å². The largest absolute Gasteiger partial charge is 0.326 e. The van der Waals surface area contributed by atoms with Crippen LogP contribution in [0.15, 0.2) is 48.8 Å². The van der Waals surface area contributed by atoms with Crippen molar-refractivity contribution < 1.29 is 0 Å². The molecule has 2 N–H and O–H groups in total. The van der Waals surface area contributed by atoms with Gasteiger partial charge in [0.25, 0.3) is 0 Å². The highest BCUT2D eigenvalue weighted by atomic mass is 15.0. The van der Waals surface area contributed by atoms with Crippen LogP contribution in [0.1, 0.15) is 11.1 Å². The second-order valence-electron chi connectivity index (χ2n) is 4.44. The van der Waals surface area contributed by atoms with Crippen LogP contribution in [-0.2, 0) is 6.54 Å². The van der Waals surface area contributed by atoms with Gasteiger partial charge in [-0.2, -0.15) is 0 Å². The quantitative estimate of drug-likeness (QED) is 0.744. The zero-order valence-corrected chi connectivity index (χ0v) is 10.3. The van der Waals surface area contributed by atoms with Crippen molar-refractivity contribution in [2.24, 2.45) is 5.73 Å². The maximum atomic E-state index is 5.74. The topological polar surface area (TPSA) is 43.3 Å². The van der Waals surface area contributed by atoms with Crippen LogP contribution in [0.2, 0.25) is 0 Å². The number of rotatable bonds is 2. The Morgan fingerprint density at radius 1 is 1.17 bits per heavy atom. The van der Waals surface area contributed by atoms with Crippen molar-refractivity contribution in [3.63, 3.8) is 0 Å². The van der Waals surface area contributed by atoms with Gasteiger partial charge in [-0.05, 0) is 18.6 Å². The molecule has 0 aliphatic heterocycles. The summed E-state index contributed by atoms with van der Waals surface area (Å²) in [5.74, 6) is 0.959. The van der Waals surface area contributed by atoms with Crippen LogP contribution >= 0.6 is 0 Å². The minimum atomic E-state index is 0.531. The van der Waals surface area contributed by atoms with E-state index >= 15 is 0 Å². The molecule has 0 bridgehead atoms. The van der Waals surface area contributed by atoms with E-state index in [0.717, 1.165) is 22.5 Å². The SMILES string of the molecule is Cc1ccc(-c2ncc3c(CN)cccn23)cc1. The van der Waals surface area contributed by atoms with Crippen LogP contribution < -0.4 is 5.73 Å². The summed E-state index contributed by atoms with van der Waals surface area (Å²) in [4.78, 5) is 4.51. The number of aryl methyl sites for hydroxylation is 1. The molecule has 0 saturated heterocycles. The molecule has 1 aromatic carbocycles. The number of pyridine rings is 1. The van der Waals surface area contributed by atoms with Crippen LogP contribution in [0.25, 0.3) is 16.9 Å². The zero-order valence-electron chi connectivity index (χ0n) is 10.3. The average Bonchev–Trinajstić information content (AvgIpc) is 2.83. The first kappa shape index (κ1) is 11.0. The molecular weight excluding hydrogens is 222 g/mol. The molecule has 0 radical (unpaired) electrons. The summed E-state index contributed by atoms with van der Waals surface area (Å²) < 4.78 is 2.09. The van der Waals surface area contributed by atoms with Crippen molar-refractivity contribution in [1.82, 2.24) is 9.38 Å². The van der Waals surface area contributed by atoms with E-state index < -0.39 is 0 Å². The maximum Gasteiger partial charge on any atom is 0.144 e. The number of fused-ring (bicyclic) bond motifs is 1. The van der Waals surface area contributed by atoms with Crippen LogP contribution in [0.3, 0.4) is 0 Å². The smallest absolute Gasteiger partial charge is 0.144 e. The summed E-state index contributed by atoms with van der Waals surface area (Å²) in [6.45, 7) is 2.61. The first-order valence-electron chi connectivity index (χ1n) is 6.01. The molecule has 18 heavy (non-hydrogen) atoms. The molecule has 90 valence electrons. The van der Waals surface area contributed by atoms with E-state index in [1.807, 2.05) is 24.5 Å². The van der Waals surface area contributed by atoms with E-state index in [4.69, 9.17) is 5.73 Å². The van der Waals surface area contributed by atoms with Crippen molar-refractivity contribution in [3.8, 4) is 11.4 Å². The standard InChI is InChI=1S/C15H15N3/c1-11-4-6-12(7-5-11)15-17-10-14-13(9-16)3-2-8-18(14)15/h2-8,10H,9,16H2,1H3. The van der Waals surface area contributed by atoms with Crippen LogP contribution in [-0.4, -0.2) is 9.38 Å². The summed E-state index contributed by atoms with van der Waals surface area (Å²) in [6.07, 6.45) is 3.91. The van der Waals surface area contributed by atoms with E-state index in [1.165, 1.54) is 5.56 Å². The Hall–Kier alpha value is -2.13. The van der Waals surface area contributed by atoms with Gasteiger partial charge in [-0.1, -0.05) is 35.9 Å². The third-order valence-corrected chi connectivity index (χ3v) is 3.19. The van der Waals surface area contributed by atoms with Gasteiger partial charge >= 0.3 is 0 Å². The predicted molar refractivity (Wildman–Crippen MR) is 73.3 cm³/mol. The third kappa shape index (κ3) is 1.69. The fourth-order valence-electron chi connectivity index (χ4n) is 2.17. The molecule has 0 fully saturated rings. The number of hydrogen-bond donors (Lipinski definition) is 1. The Morgan fingerprint density at radius 2 is 1.94 bits per heavy atom. The normalized spacial score (nSPS) is 11.0. The van der Waals surface area contributed by atoms with Crippen molar-refractivity contribution in [3.05, 3.63) is 59.9 Å². The lowest BCUT2D eigenvalue weighted by atomic mass is 10.1. The lowest BCUT2D eigenvalue weighted by Gasteiger charge is -2.04. The van der Waals surface area contributed by atoms with Crippen LogP contribution in [0, 0.1) is 6.92 Å². The highest BCUT2D eigenvalue weighted by Gasteiger charge is 2.07. The molecule has 2 aromatic heterocycles. The Labute approximate surface area is 106 Å². The minimum absolute atomic E-state index is 0.531. The Bertz CT molecular complexity index is 681. The first-order chi connectivity index (χ1) is 8.79. The molecule has 0 amide bonds. The number of hydrogen-bond acceptors (Lipinski definition) is 2. The number of nitrogens with two attached hydrogens (primary N) is 1. The average molecular weight is 237 g/mol. The molecule has 0 spiro atoms. The van der Waals surface area contributed by atoms with Gasteiger partial charge < -0.3 is 5.73 Å². The third-order valence-electron chi connectivity index (χ3n) is 3.19. The summed E-state index contributed by atoms with van der Waals surface area (Å²) in [7, 11) is 0. The van der Waals surface area contributed by atoms with Gasteiger partial charge in [-0.25, -0.2) is 4.98 Å². The molecule has 0 aliphatic carbocycles. The van der Waals surface area contributed by atoms with Gasteiger partial charge in [0.15, 0.2) is 0 Å². The Morgan fingerprint density at radius 3 is 2.67 bits per heavy atom. The maximum absolute atomic E-state index is 5.74. The molecule has 3 aromatic rings.